The molecule has 3 fully saturated rings. The van der Waals surface area contributed by atoms with E-state index in [0.717, 1.165) is 67.7 Å². The van der Waals surface area contributed by atoms with Crippen molar-refractivity contribution < 1.29 is 17.6 Å². The monoisotopic (exact) mass is 565 g/mol. The van der Waals surface area contributed by atoms with Crippen molar-refractivity contribution in [1.82, 2.24) is 19.2 Å². The van der Waals surface area contributed by atoms with Crippen LogP contribution in [0.25, 0.3) is 10.8 Å². The Bertz CT molecular complexity index is 1430. The third-order valence-corrected chi connectivity index (χ3v) is 11.1. The summed E-state index contributed by atoms with van der Waals surface area (Å²) in [5, 5.41) is 1.86. The molecule has 3 aliphatic heterocycles. The molecule has 0 N–H and O–H groups in total. The predicted molar refractivity (Wildman–Crippen MR) is 154 cm³/mol. The zero-order chi connectivity index (χ0) is 27.7. The van der Waals surface area contributed by atoms with Gasteiger partial charge in [-0.3, -0.25) is 4.79 Å². The second kappa shape index (κ2) is 11.5. The molecule has 3 saturated heterocycles. The number of oxazole rings is 1. The number of likely N-dealkylation sites (tertiary alicyclic amines) is 1. The van der Waals surface area contributed by atoms with Crippen LogP contribution in [0.5, 0.6) is 0 Å². The lowest BCUT2D eigenvalue weighted by atomic mass is 9.86. The van der Waals surface area contributed by atoms with Crippen LogP contribution in [0.1, 0.15) is 70.0 Å². The number of anilines is 1. The Morgan fingerprint density at radius 3 is 2.48 bits per heavy atom. The highest BCUT2D eigenvalue weighted by Gasteiger charge is 2.34. The summed E-state index contributed by atoms with van der Waals surface area (Å²) < 4.78 is 34.4. The van der Waals surface area contributed by atoms with Gasteiger partial charge in [-0.2, -0.15) is 4.31 Å². The molecule has 5 heterocycles. The molecule has 40 heavy (non-hydrogen) atoms. The number of amides is 1. The minimum atomic E-state index is -3.63. The van der Waals surface area contributed by atoms with Gasteiger partial charge >= 0.3 is 0 Å². The van der Waals surface area contributed by atoms with Crippen molar-refractivity contribution in [2.75, 3.05) is 37.6 Å². The van der Waals surface area contributed by atoms with Crippen molar-refractivity contribution >= 4 is 32.5 Å². The average Bonchev–Trinajstić information content (AvgIpc) is 3.41. The van der Waals surface area contributed by atoms with Crippen molar-refractivity contribution in [2.24, 2.45) is 5.92 Å². The Kier molecular flexibility index (Phi) is 7.81. The van der Waals surface area contributed by atoms with E-state index in [0.29, 0.717) is 42.8 Å². The fraction of sp³-hybridized carbons (Fsp3) is 0.567. The Balaban J connectivity index is 1.18. The number of hydrogen-bond acceptors (Lipinski definition) is 7. The summed E-state index contributed by atoms with van der Waals surface area (Å²) in [6.07, 6.45) is 13.0. The van der Waals surface area contributed by atoms with Gasteiger partial charge in [0.25, 0.3) is 0 Å². The lowest BCUT2D eigenvalue weighted by Gasteiger charge is -2.41. The predicted octanol–water partition coefficient (Wildman–Crippen LogP) is 4.80. The van der Waals surface area contributed by atoms with Crippen LogP contribution in [0.3, 0.4) is 0 Å². The van der Waals surface area contributed by atoms with E-state index in [9.17, 15) is 13.2 Å². The molecule has 1 unspecified atom stereocenters. The van der Waals surface area contributed by atoms with Crippen LogP contribution in [0.15, 0.2) is 52.4 Å². The fourth-order valence-electron chi connectivity index (χ4n) is 7.01. The highest BCUT2D eigenvalue weighted by molar-refractivity contribution is 7.89. The van der Waals surface area contributed by atoms with Gasteiger partial charge in [0, 0.05) is 63.2 Å². The molecule has 0 radical (unpaired) electrons. The largest absolute Gasteiger partial charge is 0.448 e. The maximum Gasteiger partial charge on any atom is 0.243 e. The Hall–Kier alpha value is -2.98. The first kappa shape index (κ1) is 27.2. The van der Waals surface area contributed by atoms with Crippen LogP contribution < -0.4 is 4.90 Å². The number of fused-ring (bicyclic) bond motifs is 1. The molecule has 0 bridgehead atoms. The molecule has 1 amide bonds. The zero-order valence-corrected chi connectivity index (χ0v) is 24.1. The summed E-state index contributed by atoms with van der Waals surface area (Å²) in [6.45, 7) is 5.20. The fourth-order valence-corrected chi connectivity index (χ4v) is 8.51. The Morgan fingerprint density at radius 2 is 1.75 bits per heavy atom. The van der Waals surface area contributed by atoms with Crippen LogP contribution in [-0.2, 0) is 14.8 Å². The maximum atomic E-state index is 13.7. The van der Waals surface area contributed by atoms with Crippen LogP contribution in [0, 0.1) is 5.92 Å². The Labute approximate surface area is 236 Å². The van der Waals surface area contributed by atoms with E-state index < -0.39 is 10.0 Å². The molecule has 10 heteroatoms. The first-order valence-electron chi connectivity index (χ1n) is 14.7. The molecule has 0 spiro atoms. The zero-order valence-electron chi connectivity index (χ0n) is 23.2. The van der Waals surface area contributed by atoms with Crippen LogP contribution >= 0.6 is 0 Å². The van der Waals surface area contributed by atoms with Crippen molar-refractivity contribution in [1.29, 1.82) is 0 Å². The van der Waals surface area contributed by atoms with E-state index in [1.807, 2.05) is 24.4 Å². The van der Waals surface area contributed by atoms with Gasteiger partial charge in [0.2, 0.25) is 15.9 Å². The quantitative estimate of drug-likeness (QED) is 0.438. The van der Waals surface area contributed by atoms with Gasteiger partial charge in [0.15, 0.2) is 6.39 Å². The number of carbonyl (C=O) groups is 1. The van der Waals surface area contributed by atoms with E-state index in [-0.39, 0.29) is 11.8 Å². The molecule has 9 nitrogen and oxygen atoms in total. The van der Waals surface area contributed by atoms with Gasteiger partial charge in [-0.15, -0.1) is 0 Å². The third kappa shape index (κ3) is 5.35. The SMILES string of the molecule is CC(=O)N1CCCCCC1C1CCN(c2nccc3ccc(S(=O)(=O)N4CCC(c5cnco5)CC4)cc23)CC1. The van der Waals surface area contributed by atoms with Gasteiger partial charge in [0.1, 0.15) is 11.6 Å². The number of pyridine rings is 1. The number of hydrogen-bond donors (Lipinski definition) is 0. The maximum absolute atomic E-state index is 13.7. The normalized spacial score (nSPS) is 22.5. The van der Waals surface area contributed by atoms with Gasteiger partial charge in [0.05, 0.1) is 11.1 Å². The molecule has 1 aromatic carbocycles. The van der Waals surface area contributed by atoms with E-state index in [4.69, 9.17) is 9.40 Å². The summed E-state index contributed by atoms with van der Waals surface area (Å²) in [6, 6.07) is 7.70. The number of aromatic nitrogens is 2. The number of carbonyl (C=O) groups excluding carboxylic acids is 1. The summed E-state index contributed by atoms with van der Waals surface area (Å²) in [7, 11) is -3.63. The number of benzene rings is 1. The summed E-state index contributed by atoms with van der Waals surface area (Å²) in [5.74, 6) is 2.56. The molecule has 1 atom stereocenters. The first-order valence-corrected chi connectivity index (χ1v) is 16.2. The summed E-state index contributed by atoms with van der Waals surface area (Å²) in [5.41, 5.74) is 0. The molecule has 0 aliphatic carbocycles. The minimum absolute atomic E-state index is 0.195. The molecule has 3 aromatic rings. The molecule has 214 valence electrons. The smallest absolute Gasteiger partial charge is 0.243 e. The van der Waals surface area contributed by atoms with Gasteiger partial charge < -0.3 is 14.2 Å². The second-order valence-electron chi connectivity index (χ2n) is 11.6. The van der Waals surface area contributed by atoms with Crippen molar-refractivity contribution in [3.05, 3.63) is 48.8 Å². The number of sulfonamides is 1. The van der Waals surface area contributed by atoms with Gasteiger partial charge in [-0.25, -0.2) is 18.4 Å². The average molecular weight is 566 g/mol. The topological polar surface area (TPSA) is 99.9 Å². The molecule has 3 aliphatic rings. The van der Waals surface area contributed by atoms with Crippen molar-refractivity contribution in [3.63, 3.8) is 0 Å². The van der Waals surface area contributed by atoms with Gasteiger partial charge in [-0.1, -0.05) is 18.9 Å². The number of nitrogens with zero attached hydrogens (tertiary/aromatic N) is 5. The lowest BCUT2D eigenvalue weighted by molar-refractivity contribution is -0.132. The lowest BCUT2D eigenvalue weighted by Crippen LogP contribution is -2.47. The van der Waals surface area contributed by atoms with Crippen molar-refractivity contribution in [2.45, 2.75) is 75.1 Å². The summed E-state index contributed by atoms with van der Waals surface area (Å²) >= 11 is 0. The van der Waals surface area contributed by atoms with E-state index in [1.165, 1.54) is 19.2 Å². The number of piperidine rings is 2. The van der Waals surface area contributed by atoms with Crippen LogP contribution in [0.2, 0.25) is 0 Å². The molecular weight excluding hydrogens is 526 g/mol. The van der Waals surface area contributed by atoms with Gasteiger partial charge in [-0.05, 0) is 68.0 Å². The molecular formula is C30H39N5O4S. The second-order valence-corrected chi connectivity index (χ2v) is 13.5. The Morgan fingerprint density at radius 1 is 0.950 bits per heavy atom. The minimum Gasteiger partial charge on any atom is -0.448 e. The molecule has 2 aromatic heterocycles. The highest BCUT2D eigenvalue weighted by atomic mass is 32.2. The number of rotatable bonds is 5. The third-order valence-electron chi connectivity index (χ3n) is 9.25. The molecule has 6 rings (SSSR count). The van der Waals surface area contributed by atoms with Crippen LogP contribution in [0.4, 0.5) is 5.82 Å². The van der Waals surface area contributed by atoms with Crippen molar-refractivity contribution in [3.8, 4) is 0 Å². The molecule has 0 saturated carbocycles. The van der Waals surface area contributed by atoms with E-state index in [2.05, 4.69) is 14.8 Å². The first-order chi connectivity index (χ1) is 19.4. The summed E-state index contributed by atoms with van der Waals surface area (Å²) in [4.78, 5) is 25.9. The van der Waals surface area contributed by atoms with E-state index in [1.54, 1.807) is 23.5 Å². The van der Waals surface area contributed by atoms with Crippen LogP contribution in [-0.4, -0.2) is 72.3 Å². The highest BCUT2D eigenvalue weighted by Crippen LogP contribution is 2.35. The standard InChI is InChI=1S/C30H39N5O4S/c1-22(36)35-14-4-2-3-5-28(35)24-9-15-33(16-10-24)30-27-19-26(7-6-23(27)8-13-32-30)40(37,38)34-17-11-25(12-18-34)29-20-31-21-39-29/h6-8,13,19-21,24-25,28H,2-5,9-12,14-18H2,1H3. The van der Waals surface area contributed by atoms with E-state index >= 15 is 0 Å².